The quantitative estimate of drug-likeness (QED) is 0.377. The van der Waals surface area contributed by atoms with Gasteiger partial charge in [-0.05, 0) is 61.0 Å². The molecule has 0 saturated carbocycles. The molecule has 0 bridgehead atoms. The first-order chi connectivity index (χ1) is 13.9. The van der Waals surface area contributed by atoms with Crippen LogP contribution in [0.3, 0.4) is 0 Å². The largest absolute Gasteiger partial charge is 0.323 e. The van der Waals surface area contributed by atoms with Crippen molar-refractivity contribution in [2.75, 3.05) is 21.3 Å². The number of hydrogen-bond acceptors (Lipinski definition) is 2. The summed E-state index contributed by atoms with van der Waals surface area (Å²) in [5.41, 5.74) is 3.06. The lowest BCUT2D eigenvalue weighted by Crippen LogP contribution is -2.21. The maximum Gasteiger partial charge on any atom is 0.323 e. The second kappa shape index (κ2) is 9.32. The van der Waals surface area contributed by atoms with E-state index in [1.54, 1.807) is 66.7 Å². The van der Waals surface area contributed by atoms with Crippen LogP contribution in [0.25, 0.3) is 0 Å². The van der Waals surface area contributed by atoms with Gasteiger partial charge in [-0.1, -0.05) is 41.4 Å². The van der Waals surface area contributed by atoms with Gasteiger partial charge in [0.1, 0.15) is 0 Å². The zero-order chi connectivity index (χ0) is 20.8. The third kappa shape index (κ3) is 6.14. The van der Waals surface area contributed by atoms with E-state index < -0.39 is 12.1 Å². The Morgan fingerprint density at radius 1 is 0.655 bits per heavy atom. The van der Waals surface area contributed by atoms with Crippen LogP contribution in [0.2, 0.25) is 10.0 Å². The van der Waals surface area contributed by atoms with E-state index in [1.807, 2.05) is 6.92 Å². The highest BCUT2D eigenvalue weighted by Crippen LogP contribution is 2.22. The number of rotatable bonds is 4. The van der Waals surface area contributed by atoms with Crippen LogP contribution in [0.5, 0.6) is 0 Å². The summed E-state index contributed by atoms with van der Waals surface area (Å²) in [5.74, 6) is 0. The summed E-state index contributed by atoms with van der Waals surface area (Å²) in [6, 6.07) is 18.0. The fourth-order valence-corrected chi connectivity index (χ4v) is 2.93. The molecule has 0 unspecified atom stereocenters. The molecule has 4 amide bonds. The smallest absolute Gasteiger partial charge is 0.308 e. The Kier molecular flexibility index (Phi) is 6.59. The number of carbonyl (C=O) groups excluding carboxylic acids is 2. The molecule has 0 saturated heterocycles. The summed E-state index contributed by atoms with van der Waals surface area (Å²) in [4.78, 5) is 24.5. The number of anilines is 4. The molecule has 0 atom stereocenters. The lowest BCUT2D eigenvalue weighted by atomic mass is 10.2. The van der Waals surface area contributed by atoms with Crippen molar-refractivity contribution in [2.45, 2.75) is 6.92 Å². The molecule has 148 valence electrons. The predicted octanol–water partition coefficient (Wildman–Crippen LogP) is 6.59. The summed E-state index contributed by atoms with van der Waals surface area (Å²) >= 11 is 11.8. The molecule has 0 aliphatic heterocycles. The zero-order valence-corrected chi connectivity index (χ0v) is 16.9. The first-order valence-electron chi connectivity index (χ1n) is 8.67. The van der Waals surface area contributed by atoms with E-state index in [0.29, 0.717) is 32.8 Å². The zero-order valence-electron chi connectivity index (χ0n) is 15.4. The van der Waals surface area contributed by atoms with Gasteiger partial charge in [0.25, 0.3) is 0 Å². The van der Waals surface area contributed by atoms with E-state index in [-0.39, 0.29) is 0 Å². The molecular formula is C21H18Cl2N4O2. The number of hydrogen-bond donors (Lipinski definition) is 4. The molecule has 4 N–H and O–H groups in total. The summed E-state index contributed by atoms with van der Waals surface area (Å²) in [7, 11) is 0. The van der Waals surface area contributed by atoms with Crippen LogP contribution in [0.4, 0.5) is 32.3 Å². The highest BCUT2D eigenvalue weighted by molar-refractivity contribution is 6.31. The molecule has 8 heteroatoms. The first-order valence-corrected chi connectivity index (χ1v) is 9.42. The number of nitrogens with one attached hydrogen (secondary N) is 4. The average Bonchev–Trinajstić information content (AvgIpc) is 2.64. The molecule has 0 aliphatic rings. The summed E-state index contributed by atoms with van der Waals surface area (Å²) in [5, 5.41) is 11.9. The Morgan fingerprint density at radius 2 is 1.14 bits per heavy atom. The second-order valence-electron chi connectivity index (χ2n) is 6.21. The second-order valence-corrected chi connectivity index (χ2v) is 7.08. The van der Waals surface area contributed by atoms with Gasteiger partial charge < -0.3 is 21.3 Å². The van der Waals surface area contributed by atoms with E-state index in [1.165, 1.54) is 0 Å². The number of aryl methyl sites for hydroxylation is 1. The fraction of sp³-hybridized carbons (Fsp3) is 0.0476. The molecule has 0 spiro atoms. The Labute approximate surface area is 178 Å². The van der Waals surface area contributed by atoms with Crippen molar-refractivity contribution >= 4 is 58.0 Å². The van der Waals surface area contributed by atoms with E-state index in [2.05, 4.69) is 21.3 Å². The first kappa shape index (κ1) is 20.5. The van der Waals surface area contributed by atoms with Crippen molar-refractivity contribution < 1.29 is 9.59 Å². The summed E-state index contributed by atoms with van der Waals surface area (Å²) < 4.78 is 0. The topological polar surface area (TPSA) is 82.3 Å². The molecule has 0 aliphatic carbocycles. The van der Waals surface area contributed by atoms with E-state index in [9.17, 15) is 9.59 Å². The highest BCUT2D eigenvalue weighted by Gasteiger charge is 2.09. The minimum atomic E-state index is -0.426. The molecule has 6 nitrogen and oxygen atoms in total. The molecule has 3 rings (SSSR count). The van der Waals surface area contributed by atoms with E-state index >= 15 is 0 Å². The number of amides is 4. The van der Waals surface area contributed by atoms with Crippen LogP contribution >= 0.6 is 23.2 Å². The Hall–Kier alpha value is -3.22. The van der Waals surface area contributed by atoms with Crippen molar-refractivity contribution in [3.05, 3.63) is 82.3 Å². The van der Waals surface area contributed by atoms with Gasteiger partial charge in [-0.25, -0.2) is 9.59 Å². The summed E-state index contributed by atoms with van der Waals surface area (Å²) in [6.07, 6.45) is 0. The van der Waals surface area contributed by atoms with E-state index in [0.717, 1.165) is 5.56 Å². The molecule has 0 radical (unpaired) electrons. The maximum atomic E-state index is 12.3. The van der Waals surface area contributed by atoms with Gasteiger partial charge in [0, 0.05) is 32.8 Å². The molecule has 0 heterocycles. The molecule has 29 heavy (non-hydrogen) atoms. The Balaban J connectivity index is 1.64. The van der Waals surface area contributed by atoms with E-state index in [4.69, 9.17) is 23.2 Å². The fourth-order valence-electron chi connectivity index (χ4n) is 2.54. The summed E-state index contributed by atoms with van der Waals surface area (Å²) in [6.45, 7) is 1.85. The Bertz CT molecular complexity index is 1060. The highest BCUT2D eigenvalue weighted by atomic mass is 35.5. The minimum Gasteiger partial charge on any atom is -0.308 e. The van der Waals surface area contributed by atoms with Gasteiger partial charge >= 0.3 is 12.1 Å². The predicted molar refractivity (Wildman–Crippen MR) is 119 cm³/mol. The van der Waals surface area contributed by atoms with Crippen LogP contribution in [0.1, 0.15) is 5.56 Å². The molecular weight excluding hydrogens is 411 g/mol. The average molecular weight is 429 g/mol. The SMILES string of the molecule is Cc1ccc(NC(=O)Nc2cccc(Cl)c2)cc1NC(=O)Nc1cccc(Cl)c1. The molecule has 3 aromatic carbocycles. The monoisotopic (exact) mass is 428 g/mol. The van der Waals surface area contributed by atoms with Gasteiger partial charge in [0.05, 0.1) is 0 Å². The third-order valence-electron chi connectivity index (χ3n) is 3.91. The molecule has 3 aromatic rings. The van der Waals surface area contributed by atoms with Gasteiger partial charge in [0.15, 0.2) is 0 Å². The number of halogens is 2. The van der Waals surface area contributed by atoms with Crippen LogP contribution in [0, 0.1) is 6.92 Å². The van der Waals surface area contributed by atoms with Crippen LogP contribution < -0.4 is 21.3 Å². The van der Waals surface area contributed by atoms with Gasteiger partial charge in [-0.2, -0.15) is 0 Å². The standard InChI is InChI=1S/C21H18Cl2N4O2/c1-13-8-9-18(26-20(28)24-16-6-2-4-14(22)10-16)12-19(13)27-21(29)25-17-7-3-5-15(23)11-17/h2-12H,1H3,(H2,24,26,28)(H2,25,27,29). The Morgan fingerprint density at radius 3 is 1.66 bits per heavy atom. The van der Waals surface area contributed by atoms with Crippen molar-refractivity contribution in [1.29, 1.82) is 0 Å². The lowest BCUT2D eigenvalue weighted by molar-refractivity contribution is 0.261. The lowest BCUT2D eigenvalue weighted by Gasteiger charge is -2.13. The van der Waals surface area contributed by atoms with Crippen molar-refractivity contribution in [1.82, 2.24) is 0 Å². The van der Waals surface area contributed by atoms with Crippen molar-refractivity contribution in [3.8, 4) is 0 Å². The van der Waals surface area contributed by atoms with Crippen LogP contribution in [-0.4, -0.2) is 12.1 Å². The number of carbonyl (C=O) groups is 2. The van der Waals surface area contributed by atoms with Gasteiger partial charge in [-0.15, -0.1) is 0 Å². The minimum absolute atomic E-state index is 0.420. The van der Waals surface area contributed by atoms with Crippen molar-refractivity contribution in [3.63, 3.8) is 0 Å². The van der Waals surface area contributed by atoms with Crippen LogP contribution in [0.15, 0.2) is 66.7 Å². The molecule has 0 fully saturated rings. The molecule has 0 aromatic heterocycles. The normalized spacial score (nSPS) is 10.2. The van der Waals surface area contributed by atoms with Gasteiger partial charge in [0.2, 0.25) is 0 Å². The van der Waals surface area contributed by atoms with Gasteiger partial charge in [-0.3, -0.25) is 0 Å². The van der Waals surface area contributed by atoms with Crippen molar-refractivity contribution in [2.24, 2.45) is 0 Å². The maximum absolute atomic E-state index is 12.3. The number of urea groups is 2. The third-order valence-corrected chi connectivity index (χ3v) is 4.38. The van der Waals surface area contributed by atoms with Crippen LogP contribution in [-0.2, 0) is 0 Å². The number of benzene rings is 3.